The Hall–Kier alpha value is -2.17. The van der Waals surface area contributed by atoms with Crippen molar-refractivity contribution in [2.45, 2.75) is 5.72 Å². The second-order valence-electron chi connectivity index (χ2n) is 5.05. The van der Waals surface area contributed by atoms with Gasteiger partial charge in [-0.25, -0.2) is 10.0 Å². The van der Waals surface area contributed by atoms with Crippen molar-refractivity contribution in [2.24, 2.45) is 0 Å². The number of rotatable bonds is 2. The maximum absolute atomic E-state index is 12.6. The molecule has 1 amide bonds. The quantitative estimate of drug-likeness (QED) is 0.903. The van der Waals surface area contributed by atoms with Gasteiger partial charge in [-0.05, 0) is 6.07 Å². The molecule has 0 spiro atoms. The van der Waals surface area contributed by atoms with Gasteiger partial charge in [0.25, 0.3) is 5.91 Å². The van der Waals surface area contributed by atoms with Crippen LogP contribution in [0.4, 0.5) is 0 Å². The summed E-state index contributed by atoms with van der Waals surface area (Å²) < 4.78 is 0. The fourth-order valence-electron chi connectivity index (χ4n) is 2.77. The Morgan fingerprint density at radius 1 is 1.00 bits per heavy atom. The average molecular weight is 268 g/mol. The Morgan fingerprint density at radius 2 is 1.60 bits per heavy atom. The molecule has 20 heavy (non-hydrogen) atoms. The highest BCUT2D eigenvalue weighted by molar-refractivity contribution is 6.00. The third-order valence-corrected chi connectivity index (χ3v) is 3.61. The van der Waals surface area contributed by atoms with Crippen LogP contribution in [-0.4, -0.2) is 35.1 Å². The second-order valence-corrected chi connectivity index (χ2v) is 5.05. The zero-order valence-corrected chi connectivity index (χ0v) is 11.4. The number of aliphatic hydroxyl groups is 1. The van der Waals surface area contributed by atoms with Gasteiger partial charge in [-0.3, -0.25) is 4.79 Å². The molecule has 1 aliphatic rings. The third kappa shape index (κ3) is 1.59. The van der Waals surface area contributed by atoms with E-state index in [1.165, 1.54) is 5.01 Å². The van der Waals surface area contributed by atoms with E-state index >= 15 is 0 Å². The summed E-state index contributed by atoms with van der Waals surface area (Å²) in [4.78, 5) is 12.6. The molecule has 0 bridgehead atoms. The maximum Gasteiger partial charge on any atom is 0.271 e. The standard InChI is InChI=1S/C16H16N2O2/c1-17(2)18-15(19)13-10-6-7-11-14(13)16(18,20)12-8-4-3-5-9-12/h3-11,20H,1-2H3/t16-/m0/s1. The van der Waals surface area contributed by atoms with Crippen molar-refractivity contribution in [1.82, 2.24) is 10.0 Å². The number of carbonyl (C=O) groups excluding carboxylic acids is 1. The summed E-state index contributed by atoms with van der Waals surface area (Å²) in [6, 6.07) is 16.4. The molecule has 4 nitrogen and oxygen atoms in total. The van der Waals surface area contributed by atoms with E-state index in [4.69, 9.17) is 0 Å². The van der Waals surface area contributed by atoms with E-state index < -0.39 is 5.72 Å². The Morgan fingerprint density at radius 3 is 2.25 bits per heavy atom. The SMILES string of the molecule is CN(C)N1C(=O)c2ccccc2[C@@]1(O)c1ccccc1. The molecular formula is C16H16N2O2. The van der Waals surface area contributed by atoms with Crippen molar-refractivity contribution < 1.29 is 9.90 Å². The Balaban J connectivity index is 2.28. The molecule has 2 aromatic rings. The maximum atomic E-state index is 12.6. The van der Waals surface area contributed by atoms with Gasteiger partial charge in [0, 0.05) is 30.8 Å². The number of carbonyl (C=O) groups is 1. The predicted octanol–water partition coefficient (Wildman–Crippen LogP) is 1.81. The molecule has 0 aliphatic carbocycles. The van der Waals surface area contributed by atoms with Crippen LogP contribution >= 0.6 is 0 Å². The molecular weight excluding hydrogens is 252 g/mol. The van der Waals surface area contributed by atoms with Gasteiger partial charge in [-0.2, -0.15) is 0 Å². The topological polar surface area (TPSA) is 43.8 Å². The van der Waals surface area contributed by atoms with Crippen LogP contribution in [-0.2, 0) is 5.72 Å². The molecule has 4 heteroatoms. The minimum Gasteiger partial charge on any atom is -0.362 e. The number of fused-ring (bicyclic) bond motifs is 1. The molecule has 1 aliphatic heterocycles. The van der Waals surface area contributed by atoms with E-state index in [9.17, 15) is 9.90 Å². The predicted molar refractivity (Wildman–Crippen MR) is 75.7 cm³/mol. The highest BCUT2D eigenvalue weighted by atomic mass is 16.3. The molecule has 0 saturated heterocycles. The Bertz CT molecular complexity index is 655. The number of hydrogen-bond acceptors (Lipinski definition) is 3. The number of hydrazine groups is 1. The summed E-state index contributed by atoms with van der Waals surface area (Å²) in [5.41, 5.74) is 0.364. The average Bonchev–Trinajstić information content (AvgIpc) is 2.70. The molecule has 102 valence electrons. The fraction of sp³-hybridized carbons (Fsp3) is 0.188. The van der Waals surface area contributed by atoms with Crippen molar-refractivity contribution in [2.75, 3.05) is 14.1 Å². The van der Waals surface area contributed by atoms with Crippen LogP contribution in [0.25, 0.3) is 0 Å². The smallest absolute Gasteiger partial charge is 0.271 e. The van der Waals surface area contributed by atoms with E-state index in [-0.39, 0.29) is 5.91 Å². The molecule has 0 fully saturated rings. The van der Waals surface area contributed by atoms with E-state index in [0.29, 0.717) is 16.7 Å². The molecule has 0 radical (unpaired) electrons. The first-order valence-electron chi connectivity index (χ1n) is 6.46. The largest absolute Gasteiger partial charge is 0.362 e. The van der Waals surface area contributed by atoms with Gasteiger partial charge < -0.3 is 5.11 Å². The van der Waals surface area contributed by atoms with Gasteiger partial charge in [0.2, 0.25) is 5.72 Å². The van der Waals surface area contributed by atoms with Crippen LogP contribution in [0, 0.1) is 0 Å². The van der Waals surface area contributed by atoms with Gasteiger partial charge in [0.1, 0.15) is 0 Å². The van der Waals surface area contributed by atoms with Crippen molar-refractivity contribution in [3.05, 3.63) is 71.3 Å². The van der Waals surface area contributed by atoms with Gasteiger partial charge in [-0.15, -0.1) is 0 Å². The van der Waals surface area contributed by atoms with E-state index in [1.54, 1.807) is 37.3 Å². The normalized spacial score (nSPS) is 21.4. The second kappa shape index (κ2) is 4.44. The number of nitrogens with zero attached hydrogens (tertiary/aromatic N) is 2. The molecule has 0 saturated carbocycles. The third-order valence-electron chi connectivity index (χ3n) is 3.61. The Kier molecular flexibility index (Phi) is 2.85. The first kappa shape index (κ1) is 12.8. The highest BCUT2D eigenvalue weighted by Gasteiger charge is 2.51. The van der Waals surface area contributed by atoms with Gasteiger partial charge in [0.15, 0.2) is 0 Å². The fourth-order valence-corrected chi connectivity index (χ4v) is 2.77. The van der Waals surface area contributed by atoms with Crippen LogP contribution in [0.5, 0.6) is 0 Å². The first-order valence-corrected chi connectivity index (χ1v) is 6.46. The minimum atomic E-state index is -1.46. The van der Waals surface area contributed by atoms with Crippen LogP contribution in [0.15, 0.2) is 54.6 Å². The van der Waals surface area contributed by atoms with Crippen molar-refractivity contribution in [1.29, 1.82) is 0 Å². The lowest BCUT2D eigenvalue weighted by Gasteiger charge is -2.38. The van der Waals surface area contributed by atoms with Crippen LogP contribution < -0.4 is 0 Å². The number of hydrogen-bond donors (Lipinski definition) is 1. The van der Waals surface area contributed by atoms with Crippen molar-refractivity contribution >= 4 is 5.91 Å². The molecule has 3 rings (SSSR count). The zero-order chi connectivity index (χ0) is 14.3. The van der Waals surface area contributed by atoms with Gasteiger partial charge in [0.05, 0.1) is 0 Å². The lowest BCUT2D eigenvalue weighted by atomic mass is 9.94. The lowest BCUT2D eigenvalue weighted by molar-refractivity contribution is -0.136. The molecule has 0 aromatic heterocycles. The summed E-state index contributed by atoms with van der Waals surface area (Å²) >= 11 is 0. The summed E-state index contributed by atoms with van der Waals surface area (Å²) in [6.07, 6.45) is 0. The van der Waals surface area contributed by atoms with Gasteiger partial charge >= 0.3 is 0 Å². The first-order chi connectivity index (χ1) is 9.56. The molecule has 1 heterocycles. The minimum absolute atomic E-state index is 0.197. The molecule has 0 unspecified atom stereocenters. The van der Waals surface area contributed by atoms with Crippen LogP contribution in [0.3, 0.4) is 0 Å². The summed E-state index contributed by atoms with van der Waals surface area (Å²) in [7, 11) is 3.50. The highest BCUT2D eigenvalue weighted by Crippen LogP contribution is 2.42. The van der Waals surface area contributed by atoms with E-state index in [2.05, 4.69) is 0 Å². The number of benzene rings is 2. The molecule has 1 atom stereocenters. The summed E-state index contributed by atoms with van der Waals surface area (Å²) in [5, 5.41) is 14.3. The Labute approximate surface area is 117 Å². The monoisotopic (exact) mass is 268 g/mol. The summed E-state index contributed by atoms with van der Waals surface area (Å²) in [5.74, 6) is -0.197. The van der Waals surface area contributed by atoms with E-state index in [0.717, 1.165) is 0 Å². The van der Waals surface area contributed by atoms with Crippen molar-refractivity contribution in [3.8, 4) is 0 Å². The van der Waals surface area contributed by atoms with Crippen LogP contribution in [0.2, 0.25) is 0 Å². The van der Waals surface area contributed by atoms with Gasteiger partial charge in [-0.1, -0.05) is 48.5 Å². The van der Waals surface area contributed by atoms with E-state index in [1.807, 2.05) is 36.4 Å². The summed E-state index contributed by atoms with van der Waals surface area (Å²) in [6.45, 7) is 0. The number of amides is 1. The zero-order valence-electron chi connectivity index (χ0n) is 11.4. The van der Waals surface area contributed by atoms with Crippen molar-refractivity contribution in [3.63, 3.8) is 0 Å². The molecule has 1 N–H and O–H groups in total. The molecule has 2 aromatic carbocycles. The lowest BCUT2D eigenvalue weighted by Crippen LogP contribution is -2.51. The van der Waals surface area contributed by atoms with Crippen LogP contribution in [0.1, 0.15) is 21.5 Å².